The Bertz CT molecular complexity index is 559. The van der Waals surface area contributed by atoms with Crippen LogP contribution in [-0.2, 0) is 0 Å². The van der Waals surface area contributed by atoms with E-state index in [9.17, 15) is 0 Å². The Morgan fingerprint density at radius 2 is 2.11 bits per heavy atom. The standard InChI is InChI=1S/C12H11ClN4S/c1-8-9(13)3-2-4-10(8)16-12(18)17-11-7-14-5-6-15-11/h2-7H,1H3,(H2,15,16,17,18). The number of anilines is 2. The fraction of sp³-hybridized carbons (Fsp3) is 0.0833. The Hall–Kier alpha value is -1.72. The molecule has 4 nitrogen and oxygen atoms in total. The molecule has 0 bridgehead atoms. The Balaban J connectivity index is 2.06. The van der Waals surface area contributed by atoms with Crippen molar-refractivity contribution in [2.45, 2.75) is 6.92 Å². The molecule has 0 radical (unpaired) electrons. The van der Waals surface area contributed by atoms with E-state index >= 15 is 0 Å². The van der Waals surface area contributed by atoms with E-state index in [4.69, 9.17) is 23.8 Å². The first kappa shape index (κ1) is 12.7. The lowest BCUT2D eigenvalue weighted by Gasteiger charge is -2.12. The first-order valence-corrected chi connectivity index (χ1v) is 6.04. The van der Waals surface area contributed by atoms with E-state index in [-0.39, 0.29) is 0 Å². The summed E-state index contributed by atoms with van der Waals surface area (Å²) in [6.07, 6.45) is 4.79. The van der Waals surface area contributed by atoms with Gasteiger partial charge in [-0.1, -0.05) is 17.7 Å². The van der Waals surface area contributed by atoms with Gasteiger partial charge in [-0.3, -0.25) is 4.98 Å². The summed E-state index contributed by atoms with van der Waals surface area (Å²) in [6, 6.07) is 5.61. The predicted molar refractivity (Wildman–Crippen MR) is 78.1 cm³/mol. The minimum Gasteiger partial charge on any atom is -0.332 e. The number of thiocarbonyl (C=S) groups is 1. The molecule has 0 spiro atoms. The zero-order valence-corrected chi connectivity index (χ0v) is 11.2. The van der Waals surface area contributed by atoms with E-state index < -0.39 is 0 Å². The van der Waals surface area contributed by atoms with Crippen LogP contribution in [0.2, 0.25) is 5.02 Å². The Morgan fingerprint density at radius 1 is 1.28 bits per heavy atom. The Morgan fingerprint density at radius 3 is 2.83 bits per heavy atom. The van der Waals surface area contributed by atoms with Crippen molar-refractivity contribution >= 4 is 40.4 Å². The lowest BCUT2D eigenvalue weighted by atomic mass is 10.2. The van der Waals surface area contributed by atoms with E-state index in [1.165, 1.54) is 0 Å². The largest absolute Gasteiger partial charge is 0.332 e. The van der Waals surface area contributed by atoms with E-state index in [1.807, 2.05) is 25.1 Å². The molecule has 0 unspecified atom stereocenters. The van der Waals surface area contributed by atoms with Crippen LogP contribution >= 0.6 is 23.8 Å². The van der Waals surface area contributed by atoms with E-state index in [2.05, 4.69) is 20.6 Å². The van der Waals surface area contributed by atoms with Crippen molar-refractivity contribution in [3.8, 4) is 0 Å². The molecule has 0 amide bonds. The number of nitrogens with one attached hydrogen (secondary N) is 2. The van der Waals surface area contributed by atoms with Crippen molar-refractivity contribution in [2.75, 3.05) is 10.6 Å². The molecule has 92 valence electrons. The molecule has 0 saturated carbocycles. The normalized spacial score (nSPS) is 9.89. The van der Waals surface area contributed by atoms with Crippen LogP contribution in [0.3, 0.4) is 0 Å². The van der Waals surface area contributed by atoms with Gasteiger partial charge in [0.25, 0.3) is 0 Å². The van der Waals surface area contributed by atoms with Gasteiger partial charge in [-0.05, 0) is 36.8 Å². The monoisotopic (exact) mass is 278 g/mol. The number of hydrogen-bond acceptors (Lipinski definition) is 3. The molecule has 2 N–H and O–H groups in total. The van der Waals surface area contributed by atoms with Gasteiger partial charge in [0, 0.05) is 23.1 Å². The van der Waals surface area contributed by atoms with Gasteiger partial charge in [0.1, 0.15) is 0 Å². The smallest absolute Gasteiger partial charge is 0.176 e. The molecular formula is C12H11ClN4S. The van der Waals surface area contributed by atoms with Gasteiger partial charge in [-0.2, -0.15) is 0 Å². The summed E-state index contributed by atoms with van der Waals surface area (Å²) in [5.41, 5.74) is 1.81. The molecule has 1 heterocycles. The third kappa shape index (κ3) is 3.15. The molecule has 18 heavy (non-hydrogen) atoms. The van der Waals surface area contributed by atoms with Gasteiger partial charge in [-0.25, -0.2) is 4.98 Å². The molecule has 0 aliphatic heterocycles. The second kappa shape index (κ2) is 5.75. The Kier molecular flexibility index (Phi) is 4.07. The van der Waals surface area contributed by atoms with Crippen molar-refractivity contribution in [1.29, 1.82) is 0 Å². The fourth-order valence-corrected chi connectivity index (χ4v) is 1.77. The van der Waals surface area contributed by atoms with Gasteiger partial charge in [0.05, 0.1) is 6.20 Å². The van der Waals surface area contributed by atoms with Crippen LogP contribution < -0.4 is 10.6 Å². The minimum absolute atomic E-state index is 0.445. The molecule has 0 saturated heterocycles. The molecule has 2 rings (SSSR count). The number of benzene rings is 1. The molecule has 2 aromatic rings. The maximum atomic E-state index is 6.03. The number of nitrogens with zero attached hydrogens (tertiary/aromatic N) is 2. The van der Waals surface area contributed by atoms with Crippen molar-refractivity contribution in [2.24, 2.45) is 0 Å². The Labute approximate surface area is 115 Å². The van der Waals surface area contributed by atoms with Gasteiger partial charge < -0.3 is 10.6 Å². The number of aromatic nitrogens is 2. The van der Waals surface area contributed by atoms with Gasteiger partial charge in [0.2, 0.25) is 0 Å². The summed E-state index contributed by atoms with van der Waals surface area (Å²) in [4.78, 5) is 8.02. The van der Waals surface area contributed by atoms with Crippen LogP contribution in [0.4, 0.5) is 11.5 Å². The van der Waals surface area contributed by atoms with E-state index in [0.717, 1.165) is 11.3 Å². The summed E-state index contributed by atoms with van der Waals surface area (Å²) < 4.78 is 0. The highest BCUT2D eigenvalue weighted by Crippen LogP contribution is 2.22. The molecule has 6 heteroatoms. The topological polar surface area (TPSA) is 49.8 Å². The summed E-state index contributed by atoms with van der Waals surface area (Å²) >= 11 is 11.2. The summed E-state index contributed by atoms with van der Waals surface area (Å²) in [5.74, 6) is 0.592. The molecule has 0 fully saturated rings. The zero-order chi connectivity index (χ0) is 13.0. The highest BCUT2D eigenvalue weighted by Gasteiger charge is 2.04. The van der Waals surface area contributed by atoms with Crippen molar-refractivity contribution in [3.63, 3.8) is 0 Å². The van der Waals surface area contributed by atoms with Crippen LogP contribution in [0.15, 0.2) is 36.8 Å². The van der Waals surface area contributed by atoms with E-state index in [1.54, 1.807) is 18.6 Å². The SMILES string of the molecule is Cc1c(Cl)cccc1NC(=S)Nc1cnccn1. The van der Waals surface area contributed by atoms with Gasteiger partial charge >= 0.3 is 0 Å². The highest BCUT2D eigenvalue weighted by atomic mass is 35.5. The van der Waals surface area contributed by atoms with Crippen LogP contribution in [0, 0.1) is 6.92 Å². The van der Waals surface area contributed by atoms with Gasteiger partial charge in [-0.15, -0.1) is 0 Å². The fourth-order valence-electron chi connectivity index (χ4n) is 1.38. The second-order valence-electron chi connectivity index (χ2n) is 3.58. The highest BCUT2D eigenvalue weighted by molar-refractivity contribution is 7.80. The summed E-state index contributed by atoms with van der Waals surface area (Å²) in [5, 5.41) is 7.15. The first-order valence-electron chi connectivity index (χ1n) is 5.26. The van der Waals surface area contributed by atoms with Crippen LogP contribution in [0.1, 0.15) is 5.56 Å². The van der Waals surface area contributed by atoms with Crippen molar-refractivity contribution in [1.82, 2.24) is 9.97 Å². The first-order chi connectivity index (χ1) is 8.66. The second-order valence-corrected chi connectivity index (χ2v) is 4.40. The summed E-state index contributed by atoms with van der Waals surface area (Å²) in [6.45, 7) is 1.93. The molecule has 0 atom stereocenters. The zero-order valence-electron chi connectivity index (χ0n) is 9.64. The molecule has 1 aromatic heterocycles. The average Bonchev–Trinajstić information content (AvgIpc) is 2.36. The van der Waals surface area contributed by atoms with Crippen LogP contribution in [0.5, 0.6) is 0 Å². The molecule has 1 aromatic carbocycles. The lowest BCUT2D eigenvalue weighted by Crippen LogP contribution is -2.20. The van der Waals surface area contributed by atoms with Crippen molar-refractivity contribution < 1.29 is 0 Å². The summed E-state index contributed by atoms with van der Waals surface area (Å²) in [7, 11) is 0. The predicted octanol–water partition coefficient (Wildman–Crippen LogP) is 3.25. The average molecular weight is 279 g/mol. The van der Waals surface area contributed by atoms with Gasteiger partial charge in [0.15, 0.2) is 10.9 Å². The maximum Gasteiger partial charge on any atom is 0.176 e. The van der Waals surface area contributed by atoms with E-state index in [0.29, 0.717) is 16.0 Å². The quantitative estimate of drug-likeness (QED) is 0.826. The van der Waals surface area contributed by atoms with Crippen LogP contribution in [-0.4, -0.2) is 15.1 Å². The number of hydrogen-bond donors (Lipinski definition) is 2. The van der Waals surface area contributed by atoms with Crippen LogP contribution in [0.25, 0.3) is 0 Å². The van der Waals surface area contributed by atoms with Crippen molar-refractivity contribution in [3.05, 3.63) is 47.4 Å². The third-order valence-corrected chi connectivity index (χ3v) is 2.93. The third-order valence-electron chi connectivity index (χ3n) is 2.32. The number of halogens is 1. The molecular weight excluding hydrogens is 268 g/mol. The molecule has 0 aliphatic carbocycles. The maximum absolute atomic E-state index is 6.03. The molecule has 0 aliphatic rings. The minimum atomic E-state index is 0.445. The lowest BCUT2D eigenvalue weighted by molar-refractivity contribution is 1.21. The number of rotatable bonds is 2.